The molecule has 0 amide bonds. The lowest BCUT2D eigenvalue weighted by molar-refractivity contribution is -0.151. The van der Waals surface area contributed by atoms with Gasteiger partial charge in [-0.2, -0.15) is 0 Å². The van der Waals surface area contributed by atoms with E-state index in [-0.39, 0.29) is 18.1 Å². The van der Waals surface area contributed by atoms with Crippen LogP contribution in [0.1, 0.15) is 61.9 Å². The van der Waals surface area contributed by atoms with Crippen molar-refractivity contribution in [1.82, 2.24) is 5.32 Å². The normalized spacial score (nSPS) is 16.5. The summed E-state index contributed by atoms with van der Waals surface area (Å²) in [5, 5.41) is 3.32. The zero-order valence-corrected chi connectivity index (χ0v) is 14.1. The van der Waals surface area contributed by atoms with E-state index in [9.17, 15) is 9.59 Å². The SMILES string of the molecule is CC(C)C[C@H](NCc1ccc(C=O)cc1)C(=O)OC1CCCC1. The third-order valence-corrected chi connectivity index (χ3v) is 4.25. The minimum atomic E-state index is -0.277. The molecule has 0 spiro atoms. The second-order valence-electron chi connectivity index (χ2n) is 6.77. The van der Waals surface area contributed by atoms with Gasteiger partial charge in [0.1, 0.15) is 18.4 Å². The summed E-state index contributed by atoms with van der Waals surface area (Å²) >= 11 is 0. The van der Waals surface area contributed by atoms with Crippen LogP contribution in [0, 0.1) is 5.92 Å². The number of esters is 1. The fraction of sp³-hybridized carbons (Fsp3) is 0.579. The van der Waals surface area contributed by atoms with Gasteiger partial charge < -0.3 is 10.1 Å². The van der Waals surface area contributed by atoms with E-state index in [1.807, 2.05) is 12.1 Å². The number of carbonyl (C=O) groups excluding carboxylic acids is 2. The Morgan fingerprint density at radius 1 is 1.26 bits per heavy atom. The Hall–Kier alpha value is -1.68. The van der Waals surface area contributed by atoms with Gasteiger partial charge in [-0.05, 0) is 43.6 Å². The summed E-state index contributed by atoms with van der Waals surface area (Å²) in [5.41, 5.74) is 1.71. The molecule has 1 aromatic rings. The molecule has 1 fully saturated rings. The summed E-state index contributed by atoms with van der Waals surface area (Å²) in [7, 11) is 0. The second kappa shape index (κ2) is 8.82. The van der Waals surface area contributed by atoms with E-state index in [4.69, 9.17) is 4.74 Å². The summed E-state index contributed by atoms with van der Waals surface area (Å²) in [6.45, 7) is 4.81. The number of aldehydes is 1. The number of rotatable bonds is 8. The van der Waals surface area contributed by atoms with Crippen molar-refractivity contribution in [3.8, 4) is 0 Å². The fourth-order valence-electron chi connectivity index (χ4n) is 2.94. The van der Waals surface area contributed by atoms with Gasteiger partial charge in [0.05, 0.1) is 0 Å². The molecule has 0 radical (unpaired) electrons. The first kappa shape index (κ1) is 17.7. The van der Waals surface area contributed by atoms with E-state index >= 15 is 0 Å². The standard InChI is InChI=1S/C19H27NO3/c1-14(2)11-18(19(22)23-17-5-3-4-6-17)20-12-15-7-9-16(13-21)10-8-15/h7-10,13-14,17-18,20H,3-6,11-12H2,1-2H3/t18-/m0/s1. The predicted molar refractivity (Wildman–Crippen MR) is 90.3 cm³/mol. The maximum Gasteiger partial charge on any atom is 0.323 e. The molecule has 4 heteroatoms. The van der Waals surface area contributed by atoms with Crippen molar-refractivity contribution in [2.75, 3.05) is 0 Å². The Balaban J connectivity index is 1.90. The van der Waals surface area contributed by atoms with Crippen LogP contribution in [0.25, 0.3) is 0 Å². The Labute approximate surface area is 138 Å². The van der Waals surface area contributed by atoms with Crippen molar-refractivity contribution in [1.29, 1.82) is 0 Å². The van der Waals surface area contributed by atoms with Crippen molar-refractivity contribution >= 4 is 12.3 Å². The minimum Gasteiger partial charge on any atom is -0.461 e. The zero-order chi connectivity index (χ0) is 16.7. The van der Waals surface area contributed by atoms with Gasteiger partial charge in [0.25, 0.3) is 0 Å². The molecule has 0 heterocycles. The maximum atomic E-state index is 12.4. The van der Waals surface area contributed by atoms with Crippen LogP contribution in [0.5, 0.6) is 0 Å². The maximum absolute atomic E-state index is 12.4. The molecule has 4 nitrogen and oxygen atoms in total. The number of hydrogen-bond acceptors (Lipinski definition) is 4. The largest absolute Gasteiger partial charge is 0.461 e. The topological polar surface area (TPSA) is 55.4 Å². The predicted octanol–water partition coefficient (Wildman–Crippen LogP) is 3.49. The van der Waals surface area contributed by atoms with Gasteiger partial charge in [-0.25, -0.2) is 0 Å². The highest BCUT2D eigenvalue weighted by atomic mass is 16.5. The average Bonchev–Trinajstić information content (AvgIpc) is 3.04. The van der Waals surface area contributed by atoms with E-state index in [0.717, 1.165) is 44.0 Å². The molecule has 1 N–H and O–H groups in total. The molecule has 1 saturated carbocycles. The van der Waals surface area contributed by atoms with Gasteiger partial charge in [0.15, 0.2) is 0 Å². The summed E-state index contributed by atoms with van der Waals surface area (Å²) < 4.78 is 5.65. The summed E-state index contributed by atoms with van der Waals surface area (Å²) in [4.78, 5) is 23.1. The van der Waals surface area contributed by atoms with Crippen LogP contribution in [0.2, 0.25) is 0 Å². The van der Waals surface area contributed by atoms with Gasteiger partial charge >= 0.3 is 5.97 Å². The van der Waals surface area contributed by atoms with Gasteiger partial charge in [-0.1, -0.05) is 38.1 Å². The first-order chi connectivity index (χ1) is 11.1. The molecule has 0 saturated heterocycles. The first-order valence-electron chi connectivity index (χ1n) is 8.56. The van der Waals surface area contributed by atoms with E-state index in [0.29, 0.717) is 18.0 Å². The van der Waals surface area contributed by atoms with Crippen LogP contribution in [-0.4, -0.2) is 24.4 Å². The molecule has 0 bridgehead atoms. The van der Waals surface area contributed by atoms with Crippen molar-refractivity contribution < 1.29 is 14.3 Å². The highest BCUT2D eigenvalue weighted by molar-refractivity contribution is 5.76. The van der Waals surface area contributed by atoms with Crippen molar-refractivity contribution in [3.05, 3.63) is 35.4 Å². The molecule has 0 unspecified atom stereocenters. The fourth-order valence-corrected chi connectivity index (χ4v) is 2.94. The molecule has 1 atom stereocenters. The Morgan fingerprint density at radius 2 is 1.91 bits per heavy atom. The molecule has 126 valence electrons. The molecule has 1 aliphatic carbocycles. The van der Waals surface area contributed by atoms with E-state index in [2.05, 4.69) is 19.2 Å². The Bertz CT molecular complexity index is 504. The van der Waals surface area contributed by atoms with Crippen molar-refractivity contribution in [3.63, 3.8) is 0 Å². The van der Waals surface area contributed by atoms with E-state index < -0.39 is 0 Å². The third kappa shape index (κ3) is 5.79. The second-order valence-corrected chi connectivity index (χ2v) is 6.77. The molecule has 1 aromatic carbocycles. The highest BCUT2D eigenvalue weighted by Crippen LogP contribution is 2.22. The quantitative estimate of drug-likeness (QED) is 0.589. The number of benzene rings is 1. The molecule has 23 heavy (non-hydrogen) atoms. The van der Waals surface area contributed by atoms with Crippen molar-refractivity contribution in [2.45, 2.75) is 64.6 Å². The number of carbonyl (C=O) groups is 2. The highest BCUT2D eigenvalue weighted by Gasteiger charge is 2.25. The molecule has 0 aromatic heterocycles. The van der Waals surface area contributed by atoms with Crippen LogP contribution in [-0.2, 0) is 16.1 Å². The van der Waals surface area contributed by atoms with Crippen LogP contribution in [0.4, 0.5) is 0 Å². The number of hydrogen-bond donors (Lipinski definition) is 1. The summed E-state index contributed by atoms with van der Waals surface area (Å²) in [6.07, 6.45) is 5.99. The van der Waals surface area contributed by atoms with Crippen LogP contribution in [0.15, 0.2) is 24.3 Å². The van der Waals surface area contributed by atoms with Crippen LogP contribution >= 0.6 is 0 Å². The molecular weight excluding hydrogens is 290 g/mol. The van der Waals surface area contributed by atoms with Crippen LogP contribution in [0.3, 0.4) is 0 Å². The zero-order valence-electron chi connectivity index (χ0n) is 14.1. The van der Waals surface area contributed by atoms with E-state index in [1.54, 1.807) is 12.1 Å². The molecule has 2 rings (SSSR count). The first-order valence-corrected chi connectivity index (χ1v) is 8.56. The summed E-state index contributed by atoms with van der Waals surface area (Å²) in [6, 6.07) is 7.12. The average molecular weight is 317 g/mol. The van der Waals surface area contributed by atoms with Crippen molar-refractivity contribution in [2.24, 2.45) is 5.92 Å². The molecule has 0 aliphatic heterocycles. The monoisotopic (exact) mass is 317 g/mol. The van der Waals surface area contributed by atoms with Gasteiger partial charge in [0.2, 0.25) is 0 Å². The lowest BCUT2D eigenvalue weighted by Gasteiger charge is -2.21. The van der Waals surface area contributed by atoms with Crippen LogP contribution < -0.4 is 5.32 Å². The van der Waals surface area contributed by atoms with Gasteiger partial charge in [-0.15, -0.1) is 0 Å². The summed E-state index contributed by atoms with van der Waals surface area (Å²) in [5.74, 6) is 0.288. The molecular formula is C19H27NO3. The number of nitrogens with one attached hydrogen (secondary N) is 1. The van der Waals surface area contributed by atoms with Gasteiger partial charge in [-0.3, -0.25) is 9.59 Å². The minimum absolute atomic E-state index is 0.103. The number of ether oxygens (including phenoxy) is 1. The van der Waals surface area contributed by atoms with Gasteiger partial charge in [0, 0.05) is 12.1 Å². The van der Waals surface area contributed by atoms with E-state index in [1.165, 1.54) is 0 Å². The smallest absolute Gasteiger partial charge is 0.323 e. The molecule has 1 aliphatic rings. The lowest BCUT2D eigenvalue weighted by atomic mass is 10.0. The Kier molecular flexibility index (Phi) is 6.78. The Morgan fingerprint density at radius 3 is 2.48 bits per heavy atom. The lowest BCUT2D eigenvalue weighted by Crippen LogP contribution is -2.40. The third-order valence-electron chi connectivity index (χ3n) is 4.25.